The maximum absolute atomic E-state index is 7.62. The van der Waals surface area contributed by atoms with E-state index >= 15 is 0 Å². The van der Waals surface area contributed by atoms with Crippen LogP contribution in [-0.4, -0.2) is 35.6 Å². The van der Waals surface area contributed by atoms with Crippen LogP contribution in [0.3, 0.4) is 0 Å². The molecule has 0 aliphatic carbocycles. The number of ether oxygens (including phenoxy) is 1. The van der Waals surface area contributed by atoms with Gasteiger partial charge in [0.2, 0.25) is 0 Å². The molecule has 0 bridgehead atoms. The molecule has 0 aliphatic heterocycles. The van der Waals surface area contributed by atoms with E-state index in [2.05, 4.69) is 54.7 Å². The monoisotopic (exact) mass is 340 g/mol. The summed E-state index contributed by atoms with van der Waals surface area (Å²) in [5.74, 6) is 0. The minimum atomic E-state index is -0.125. The van der Waals surface area contributed by atoms with Gasteiger partial charge in [-0.15, -0.1) is 13.2 Å². The second-order valence-electron chi connectivity index (χ2n) is 5.07. The molecule has 0 aromatic carbocycles. The molecule has 24 heavy (non-hydrogen) atoms. The van der Waals surface area contributed by atoms with E-state index < -0.39 is 0 Å². The summed E-state index contributed by atoms with van der Waals surface area (Å²) in [5, 5.41) is 15.2. The van der Waals surface area contributed by atoms with Gasteiger partial charge in [0.15, 0.2) is 0 Å². The first-order valence-corrected chi connectivity index (χ1v) is 9.27. The predicted molar refractivity (Wildman–Crippen MR) is 105 cm³/mol. The molecule has 3 nitrogen and oxygen atoms in total. The van der Waals surface area contributed by atoms with Crippen LogP contribution in [0.25, 0.3) is 0 Å². The smallest absolute Gasteiger partial charge is 0.394 e. The van der Waals surface area contributed by atoms with Crippen LogP contribution < -0.4 is 18.9 Å². The Morgan fingerprint density at radius 1 is 0.792 bits per heavy atom. The van der Waals surface area contributed by atoms with Crippen molar-refractivity contribution in [2.75, 3.05) is 13.2 Å². The molecule has 0 aromatic rings. The Balaban J connectivity index is -0.0000000910. The summed E-state index contributed by atoms with van der Waals surface area (Å²) >= 11 is 0. The van der Waals surface area contributed by atoms with E-state index in [1.165, 1.54) is 32.1 Å². The summed E-state index contributed by atoms with van der Waals surface area (Å²) in [6.45, 7) is 20.4. The van der Waals surface area contributed by atoms with Crippen molar-refractivity contribution in [2.24, 2.45) is 0 Å². The van der Waals surface area contributed by atoms with E-state index in [9.17, 15) is 0 Å². The molecule has 0 radical (unpaired) electrons. The van der Waals surface area contributed by atoms with Crippen molar-refractivity contribution in [1.82, 2.24) is 0 Å². The van der Waals surface area contributed by atoms with Crippen LogP contribution in [0.15, 0.2) is 13.2 Å². The molecule has 0 amide bonds. The van der Waals surface area contributed by atoms with Gasteiger partial charge >= 0.3 is 18.9 Å². The molecular formula is C20H45LiO3. The molecule has 0 spiro atoms. The molecule has 2 N–H and O–H groups in total. The van der Waals surface area contributed by atoms with Crippen LogP contribution >= 0.6 is 0 Å². The second-order valence-corrected chi connectivity index (χ2v) is 5.07. The Hall–Kier alpha value is 0.217. The fourth-order valence-corrected chi connectivity index (χ4v) is 1.65. The SMILES string of the molecule is C=C.CCCC(CC)OC(CC)CCC.OCCO.[CH2-]CCC.[Li+]. The van der Waals surface area contributed by atoms with Crippen LogP contribution in [0, 0.1) is 6.92 Å². The third-order valence-electron chi connectivity index (χ3n) is 2.97. The van der Waals surface area contributed by atoms with Gasteiger partial charge in [0, 0.05) is 0 Å². The van der Waals surface area contributed by atoms with Crippen molar-refractivity contribution in [1.29, 1.82) is 0 Å². The van der Waals surface area contributed by atoms with E-state index in [0.29, 0.717) is 12.2 Å². The zero-order chi connectivity index (χ0) is 18.9. The summed E-state index contributed by atoms with van der Waals surface area (Å²) < 4.78 is 6.03. The van der Waals surface area contributed by atoms with Crippen LogP contribution in [-0.2, 0) is 4.74 Å². The predicted octanol–water partition coefficient (Wildman–Crippen LogP) is 2.56. The summed E-state index contributed by atoms with van der Waals surface area (Å²) in [6, 6.07) is 0. The standard InChI is InChI=1S/C12H26O.C4H9.C2H6O2.C2H4.Li/c1-5-9-11(7-3)13-12(8-4)10-6-2;1-3-4-2;3-1-2-4;1-2;/h11-12H,5-10H2,1-4H3;1,3-4H2,2H3;3-4H,1-2H2;1-2H2;/q;-1;;;+1. The fourth-order valence-electron chi connectivity index (χ4n) is 1.65. The number of hydrogen-bond donors (Lipinski definition) is 2. The first-order chi connectivity index (χ1) is 11.1. The zero-order valence-electron chi connectivity index (χ0n) is 17.6. The average molecular weight is 341 g/mol. The number of unbranched alkanes of at least 4 members (excludes halogenated alkanes) is 1. The maximum atomic E-state index is 7.62. The summed E-state index contributed by atoms with van der Waals surface area (Å²) in [5.41, 5.74) is 0. The van der Waals surface area contributed by atoms with Crippen molar-refractivity contribution >= 4 is 0 Å². The Kier molecular flexibility index (Phi) is 56.9. The van der Waals surface area contributed by atoms with Gasteiger partial charge in [-0.3, -0.25) is 0 Å². The number of aliphatic hydroxyl groups is 2. The minimum Gasteiger partial charge on any atom is -0.394 e. The van der Waals surface area contributed by atoms with Crippen molar-refractivity contribution < 1.29 is 33.8 Å². The van der Waals surface area contributed by atoms with Crippen LogP contribution in [0.2, 0.25) is 0 Å². The molecule has 0 rings (SSSR count). The topological polar surface area (TPSA) is 49.7 Å². The Labute approximate surface area is 165 Å². The summed E-state index contributed by atoms with van der Waals surface area (Å²) in [6.07, 6.45) is 10.5. The van der Waals surface area contributed by atoms with Gasteiger partial charge in [-0.05, 0) is 25.7 Å². The van der Waals surface area contributed by atoms with Crippen LogP contribution in [0.4, 0.5) is 0 Å². The first-order valence-electron chi connectivity index (χ1n) is 9.27. The molecule has 2 atom stereocenters. The largest absolute Gasteiger partial charge is 1.00 e. The third-order valence-corrected chi connectivity index (χ3v) is 2.97. The number of aliphatic hydroxyl groups excluding tert-OH is 2. The van der Waals surface area contributed by atoms with Gasteiger partial charge in [-0.25, -0.2) is 0 Å². The number of hydrogen-bond acceptors (Lipinski definition) is 3. The van der Waals surface area contributed by atoms with Gasteiger partial charge in [0.25, 0.3) is 0 Å². The molecular weight excluding hydrogens is 295 g/mol. The summed E-state index contributed by atoms with van der Waals surface area (Å²) in [7, 11) is 0. The van der Waals surface area contributed by atoms with Gasteiger partial charge in [0.05, 0.1) is 25.4 Å². The van der Waals surface area contributed by atoms with E-state index in [-0.39, 0.29) is 32.1 Å². The Morgan fingerprint density at radius 3 is 1.21 bits per heavy atom. The van der Waals surface area contributed by atoms with Crippen molar-refractivity contribution in [3.8, 4) is 0 Å². The van der Waals surface area contributed by atoms with Gasteiger partial charge in [-0.1, -0.05) is 53.9 Å². The third kappa shape index (κ3) is 38.0. The summed E-state index contributed by atoms with van der Waals surface area (Å²) in [4.78, 5) is 0. The molecule has 0 saturated heterocycles. The average Bonchev–Trinajstić information content (AvgIpc) is 2.62. The molecule has 2 unspecified atom stereocenters. The molecule has 0 fully saturated rings. The first kappa shape index (κ1) is 35.3. The fraction of sp³-hybridized carbons (Fsp3) is 0.850. The van der Waals surface area contributed by atoms with Crippen LogP contribution in [0.5, 0.6) is 0 Å². The normalized spacial score (nSPS) is 11.2. The van der Waals surface area contributed by atoms with Crippen LogP contribution in [0.1, 0.15) is 86.0 Å². The van der Waals surface area contributed by atoms with Gasteiger partial charge < -0.3 is 21.9 Å². The zero-order valence-corrected chi connectivity index (χ0v) is 17.6. The minimum absolute atomic E-state index is 0. The van der Waals surface area contributed by atoms with Crippen molar-refractivity contribution in [3.05, 3.63) is 20.1 Å². The molecule has 4 heteroatoms. The number of rotatable bonds is 10. The molecule has 144 valence electrons. The molecule has 0 aromatic heterocycles. The molecule has 0 saturated carbocycles. The van der Waals surface area contributed by atoms with E-state index in [0.717, 1.165) is 19.3 Å². The van der Waals surface area contributed by atoms with Gasteiger partial charge in [-0.2, -0.15) is 6.42 Å². The van der Waals surface area contributed by atoms with Gasteiger partial charge in [0.1, 0.15) is 0 Å². The van der Waals surface area contributed by atoms with E-state index in [1.807, 2.05) is 0 Å². The Morgan fingerprint density at radius 2 is 1.08 bits per heavy atom. The quantitative estimate of drug-likeness (QED) is 0.365. The second kappa shape index (κ2) is 38.7. The molecule has 0 aliphatic rings. The maximum Gasteiger partial charge on any atom is 1.00 e. The van der Waals surface area contributed by atoms with E-state index in [4.69, 9.17) is 14.9 Å². The Bertz CT molecular complexity index is 149. The van der Waals surface area contributed by atoms with Crippen molar-refractivity contribution in [2.45, 2.75) is 98.2 Å². The van der Waals surface area contributed by atoms with E-state index in [1.54, 1.807) is 0 Å². The molecule has 0 heterocycles. The van der Waals surface area contributed by atoms with Crippen molar-refractivity contribution in [3.63, 3.8) is 0 Å².